The van der Waals surface area contributed by atoms with Crippen molar-refractivity contribution in [2.24, 2.45) is 0 Å². The second-order valence-electron chi connectivity index (χ2n) is 8.78. The number of ether oxygens (including phenoxy) is 2. The molecule has 2 aromatic rings. The Kier molecular flexibility index (Phi) is 7.58. The fourth-order valence-corrected chi connectivity index (χ4v) is 4.33. The zero-order chi connectivity index (χ0) is 24.1. The van der Waals surface area contributed by atoms with E-state index in [1.165, 1.54) is 12.1 Å². The minimum Gasteiger partial charge on any atom is -0.459 e. The SMILES string of the molecule is O=C(NC1CCCC1)C1=C[C@H](c2ccc(C(F)(F)F)cc2)C[C@H](OCc2ccc(CO)cc2)O1. The molecule has 2 atom stereocenters. The van der Waals surface area contributed by atoms with Crippen LogP contribution in [0.3, 0.4) is 0 Å². The number of benzene rings is 2. The van der Waals surface area contributed by atoms with E-state index < -0.39 is 18.0 Å². The standard InChI is InChI=1S/C26H28F3NO4/c27-26(28,29)21-11-9-19(10-12-21)20-13-23(25(32)30-22-3-1-2-4-22)34-24(14-20)33-16-18-7-5-17(15-31)6-8-18/h5-13,20,22,24,31H,1-4,14-16H2,(H,30,32)/t20-,24+/m0/s1. The number of allylic oxidation sites excluding steroid dienone is 1. The normalized spacial score (nSPS) is 21.1. The Labute approximate surface area is 196 Å². The molecule has 1 aliphatic heterocycles. The number of aliphatic hydroxyl groups excluding tert-OH is 1. The highest BCUT2D eigenvalue weighted by atomic mass is 19.4. The highest BCUT2D eigenvalue weighted by Crippen LogP contribution is 2.35. The molecular formula is C26H28F3NO4. The second kappa shape index (κ2) is 10.6. The predicted molar refractivity (Wildman–Crippen MR) is 119 cm³/mol. The first-order valence-corrected chi connectivity index (χ1v) is 11.5. The van der Waals surface area contributed by atoms with Crippen LogP contribution in [0.15, 0.2) is 60.4 Å². The van der Waals surface area contributed by atoms with E-state index in [1.54, 1.807) is 18.2 Å². The van der Waals surface area contributed by atoms with Gasteiger partial charge < -0.3 is 19.9 Å². The molecule has 1 fully saturated rings. The van der Waals surface area contributed by atoms with Gasteiger partial charge in [0.25, 0.3) is 5.91 Å². The number of nitrogens with one attached hydrogen (secondary N) is 1. The molecule has 0 spiro atoms. The van der Waals surface area contributed by atoms with Gasteiger partial charge in [0, 0.05) is 18.4 Å². The third-order valence-corrected chi connectivity index (χ3v) is 6.28. The lowest BCUT2D eigenvalue weighted by molar-refractivity contribution is -0.150. The van der Waals surface area contributed by atoms with Crippen LogP contribution in [-0.4, -0.2) is 23.3 Å². The van der Waals surface area contributed by atoms with Gasteiger partial charge in [-0.2, -0.15) is 13.2 Å². The average molecular weight is 476 g/mol. The van der Waals surface area contributed by atoms with Crippen LogP contribution in [0.25, 0.3) is 0 Å². The summed E-state index contributed by atoms with van der Waals surface area (Å²) in [5.41, 5.74) is 1.60. The number of amides is 1. The zero-order valence-corrected chi connectivity index (χ0v) is 18.7. The summed E-state index contributed by atoms with van der Waals surface area (Å²) in [6.07, 6.45) is 0.867. The van der Waals surface area contributed by atoms with E-state index in [4.69, 9.17) is 9.47 Å². The van der Waals surface area contributed by atoms with Gasteiger partial charge in [0.05, 0.1) is 18.8 Å². The quantitative estimate of drug-likeness (QED) is 0.579. The average Bonchev–Trinajstić information content (AvgIpc) is 3.35. The number of rotatable bonds is 7. The lowest BCUT2D eigenvalue weighted by Gasteiger charge is -2.30. The van der Waals surface area contributed by atoms with Crippen LogP contribution in [0.4, 0.5) is 13.2 Å². The molecule has 2 aromatic carbocycles. The maximum Gasteiger partial charge on any atom is 0.416 e. The Morgan fingerprint density at radius 1 is 1.03 bits per heavy atom. The molecule has 182 valence electrons. The van der Waals surface area contributed by atoms with Crippen molar-refractivity contribution in [1.29, 1.82) is 0 Å². The molecule has 34 heavy (non-hydrogen) atoms. The Morgan fingerprint density at radius 3 is 2.29 bits per heavy atom. The smallest absolute Gasteiger partial charge is 0.416 e. The molecule has 0 bridgehead atoms. The van der Waals surface area contributed by atoms with E-state index >= 15 is 0 Å². The summed E-state index contributed by atoms with van der Waals surface area (Å²) in [7, 11) is 0. The number of hydrogen-bond donors (Lipinski definition) is 2. The number of carbonyl (C=O) groups excluding carboxylic acids is 1. The number of carbonyl (C=O) groups is 1. The van der Waals surface area contributed by atoms with Crippen molar-refractivity contribution in [2.45, 2.75) is 69.7 Å². The number of aliphatic hydroxyl groups is 1. The molecule has 8 heteroatoms. The van der Waals surface area contributed by atoms with Gasteiger partial charge in [-0.3, -0.25) is 4.79 Å². The summed E-state index contributed by atoms with van der Waals surface area (Å²) in [6, 6.07) is 12.4. The first kappa shape index (κ1) is 24.3. The van der Waals surface area contributed by atoms with Crippen LogP contribution in [0.5, 0.6) is 0 Å². The summed E-state index contributed by atoms with van der Waals surface area (Å²) in [4.78, 5) is 12.9. The van der Waals surface area contributed by atoms with E-state index in [-0.39, 0.29) is 36.8 Å². The second-order valence-corrected chi connectivity index (χ2v) is 8.78. The molecule has 0 saturated heterocycles. The van der Waals surface area contributed by atoms with Gasteiger partial charge in [0.1, 0.15) is 0 Å². The number of halogens is 3. The molecule has 1 heterocycles. The Morgan fingerprint density at radius 2 is 1.68 bits per heavy atom. The molecule has 2 N–H and O–H groups in total. The molecule has 0 radical (unpaired) electrons. The first-order valence-electron chi connectivity index (χ1n) is 11.5. The Hall–Kier alpha value is -2.84. The van der Waals surface area contributed by atoms with Crippen LogP contribution in [-0.2, 0) is 33.7 Å². The lowest BCUT2D eigenvalue weighted by atomic mass is 9.92. The summed E-state index contributed by atoms with van der Waals surface area (Å²) in [6.45, 7) is 0.180. The van der Waals surface area contributed by atoms with Crippen molar-refractivity contribution in [3.05, 3.63) is 82.6 Å². The van der Waals surface area contributed by atoms with Crippen LogP contribution in [0.2, 0.25) is 0 Å². The maximum absolute atomic E-state index is 13.0. The van der Waals surface area contributed by atoms with Crippen LogP contribution < -0.4 is 5.32 Å². The number of alkyl halides is 3. The topological polar surface area (TPSA) is 67.8 Å². The largest absolute Gasteiger partial charge is 0.459 e. The van der Waals surface area contributed by atoms with Gasteiger partial charge in [0.2, 0.25) is 6.29 Å². The van der Waals surface area contributed by atoms with Gasteiger partial charge in [-0.05, 0) is 47.7 Å². The van der Waals surface area contributed by atoms with E-state index in [9.17, 15) is 23.1 Å². The van der Waals surface area contributed by atoms with Crippen molar-refractivity contribution in [3.8, 4) is 0 Å². The Balaban J connectivity index is 1.49. The zero-order valence-electron chi connectivity index (χ0n) is 18.7. The third kappa shape index (κ3) is 6.18. The van der Waals surface area contributed by atoms with Gasteiger partial charge in [-0.15, -0.1) is 0 Å². The van der Waals surface area contributed by atoms with Crippen molar-refractivity contribution in [3.63, 3.8) is 0 Å². The summed E-state index contributed by atoms with van der Waals surface area (Å²) in [5.74, 6) is -0.532. The van der Waals surface area contributed by atoms with Gasteiger partial charge in [-0.25, -0.2) is 0 Å². The molecule has 1 aliphatic carbocycles. The maximum atomic E-state index is 13.0. The highest BCUT2D eigenvalue weighted by molar-refractivity contribution is 5.92. The molecule has 4 rings (SSSR count). The summed E-state index contributed by atoms with van der Waals surface area (Å²) >= 11 is 0. The fourth-order valence-electron chi connectivity index (χ4n) is 4.33. The van der Waals surface area contributed by atoms with Crippen LogP contribution in [0, 0.1) is 0 Å². The monoisotopic (exact) mass is 475 g/mol. The summed E-state index contributed by atoms with van der Waals surface area (Å²) < 4.78 is 50.7. The first-order chi connectivity index (χ1) is 16.3. The molecular weight excluding hydrogens is 447 g/mol. The predicted octanol–water partition coefficient (Wildman–Crippen LogP) is 5.19. The molecule has 1 amide bonds. The summed E-state index contributed by atoms with van der Waals surface area (Å²) in [5, 5.41) is 12.2. The molecule has 1 saturated carbocycles. The highest BCUT2D eigenvalue weighted by Gasteiger charge is 2.32. The lowest BCUT2D eigenvalue weighted by Crippen LogP contribution is -2.37. The van der Waals surface area contributed by atoms with Crippen molar-refractivity contribution < 1.29 is 32.5 Å². The fraction of sp³-hybridized carbons (Fsp3) is 0.423. The molecule has 0 unspecified atom stereocenters. The minimum absolute atomic E-state index is 0.0497. The third-order valence-electron chi connectivity index (χ3n) is 6.28. The van der Waals surface area contributed by atoms with E-state index in [0.717, 1.165) is 48.9 Å². The Bertz CT molecular complexity index is 996. The van der Waals surface area contributed by atoms with E-state index in [1.807, 2.05) is 12.1 Å². The number of hydrogen-bond acceptors (Lipinski definition) is 4. The van der Waals surface area contributed by atoms with Crippen LogP contribution >= 0.6 is 0 Å². The van der Waals surface area contributed by atoms with Gasteiger partial charge >= 0.3 is 6.18 Å². The minimum atomic E-state index is -4.41. The molecule has 2 aliphatic rings. The van der Waals surface area contributed by atoms with Crippen molar-refractivity contribution in [1.82, 2.24) is 5.32 Å². The van der Waals surface area contributed by atoms with E-state index in [0.29, 0.717) is 12.0 Å². The molecule has 0 aromatic heterocycles. The van der Waals surface area contributed by atoms with Gasteiger partial charge in [0.15, 0.2) is 5.76 Å². The van der Waals surface area contributed by atoms with Crippen molar-refractivity contribution in [2.75, 3.05) is 0 Å². The molecule has 5 nitrogen and oxygen atoms in total. The van der Waals surface area contributed by atoms with Gasteiger partial charge in [-0.1, -0.05) is 49.2 Å². The van der Waals surface area contributed by atoms with Crippen LogP contribution in [0.1, 0.15) is 60.3 Å². The van der Waals surface area contributed by atoms with Crippen molar-refractivity contribution >= 4 is 5.91 Å². The van der Waals surface area contributed by atoms with E-state index in [2.05, 4.69) is 5.32 Å².